The van der Waals surface area contributed by atoms with E-state index in [2.05, 4.69) is 37.4 Å². The molecule has 0 atom stereocenters. The number of rotatable bonds is 10. The highest BCUT2D eigenvalue weighted by Gasteiger charge is 2.43. The fraction of sp³-hybridized carbons (Fsp3) is 0.625. The first-order valence-electron chi connectivity index (χ1n) is 8.12. The molecule has 0 aromatic heterocycles. The Bertz CT molecular complexity index is 417. The Morgan fingerprint density at radius 3 is 1.36 bits per heavy atom. The SMILES string of the molecule is CCO[Si](C)(C)c1ccc([Si](OCC)(OCC)OCC)cc1. The molecule has 0 bridgehead atoms. The van der Waals surface area contributed by atoms with Crippen molar-refractivity contribution in [1.29, 1.82) is 0 Å². The number of hydrogen-bond acceptors (Lipinski definition) is 4. The molecular weight excluding hydrogens is 312 g/mol. The lowest BCUT2D eigenvalue weighted by Crippen LogP contribution is -2.57. The molecule has 22 heavy (non-hydrogen) atoms. The van der Waals surface area contributed by atoms with Crippen molar-refractivity contribution in [2.45, 2.75) is 40.8 Å². The van der Waals surface area contributed by atoms with Crippen LogP contribution in [0.25, 0.3) is 0 Å². The standard InChI is InChI=1S/C16H30O4Si2/c1-7-17-21(5,6)15-11-13-16(14-12-15)22(18-8-2,19-9-3)20-10-4/h11-14H,7-10H2,1-6H3. The normalized spacial score (nSPS) is 12.6. The predicted molar refractivity (Wildman–Crippen MR) is 95.5 cm³/mol. The van der Waals surface area contributed by atoms with Crippen molar-refractivity contribution in [3.8, 4) is 0 Å². The molecule has 0 aliphatic rings. The minimum atomic E-state index is -2.80. The van der Waals surface area contributed by atoms with Crippen LogP contribution in [0.2, 0.25) is 13.1 Å². The molecule has 0 unspecified atom stereocenters. The second kappa shape index (κ2) is 8.95. The lowest BCUT2D eigenvalue weighted by Gasteiger charge is -2.29. The summed E-state index contributed by atoms with van der Waals surface area (Å²) in [7, 11) is -4.62. The van der Waals surface area contributed by atoms with Gasteiger partial charge < -0.3 is 17.7 Å². The van der Waals surface area contributed by atoms with E-state index in [-0.39, 0.29) is 0 Å². The van der Waals surface area contributed by atoms with Gasteiger partial charge in [-0.1, -0.05) is 24.3 Å². The van der Waals surface area contributed by atoms with Crippen LogP contribution in [0.15, 0.2) is 24.3 Å². The van der Waals surface area contributed by atoms with Gasteiger partial charge in [0, 0.05) is 31.6 Å². The minimum Gasteiger partial charge on any atom is -0.413 e. The molecule has 1 rings (SSSR count). The molecule has 4 nitrogen and oxygen atoms in total. The lowest BCUT2D eigenvalue weighted by molar-refractivity contribution is 0.0859. The van der Waals surface area contributed by atoms with Crippen LogP contribution in [-0.2, 0) is 17.7 Å². The zero-order valence-electron chi connectivity index (χ0n) is 14.8. The first-order valence-corrected chi connectivity index (χ1v) is 12.8. The average Bonchev–Trinajstić information content (AvgIpc) is 2.48. The van der Waals surface area contributed by atoms with Crippen LogP contribution in [0.3, 0.4) is 0 Å². The van der Waals surface area contributed by atoms with E-state index in [4.69, 9.17) is 17.7 Å². The third-order valence-electron chi connectivity index (χ3n) is 3.44. The largest absolute Gasteiger partial charge is 0.537 e. The second-order valence-corrected chi connectivity index (χ2v) is 11.8. The highest BCUT2D eigenvalue weighted by Crippen LogP contribution is 2.12. The molecule has 1 aromatic carbocycles. The maximum absolute atomic E-state index is 5.94. The minimum absolute atomic E-state index is 0.577. The lowest BCUT2D eigenvalue weighted by atomic mass is 10.4. The van der Waals surface area contributed by atoms with Crippen molar-refractivity contribution in [1.82, 2.24) is 0 Å². The van der Waals surface area contributed by atoms with E-state index in [9.17, 15) is 0 Å². The van der Waals surface area contributed by atoms with Gasteiger partial charge in [-0.15, -0.1) is 0 Å². The quantitative estimate of drug-likeness (QED) is 0.612. The molecule has 6 heteroatoms. The van der Waals surface area contributed by atoms with Crippen LogP contribution in [-0.4, -0.2) is 43.5 Å². The van der Waals surface area contributed by atoms with Gasteiger partial charge in [0.2, 0.25) is 8.32 Å². The first kappa shape index (κ1) is 19.5. The van der Waals surface area contributed by atoms with Crippen LogP contribution >= 0.6 is 0 Å². The Kier molecular flexibility index (Phi) is 7.95. The summed E-state index contributed by atoms with van der Waals surface area (Å²) in [5.74, 6) is 0. The summed E-state index contributed by atoms with van der Waals surface area (Å²) in [5, 5.41) is 2.29. The summed E-state index contributed by atoms with van der Waals surface area (Å²) in [6.45, 7) is 14.9. The molecule has 0 fully saturated rings. The van der Waals surface area contributed by atoms with Crippen LogP contribution in [0.1, 0.15) is 27.7 Å². The fourth-order valence-corrected chi connectivity index (χ4v) is 6.79. The zero-order valence-corrected chi connectivity index (χ0v) is 16.8. The van der Waals surface area contributed by atoms with Crippen molar-refractivity contribution in [3.63, 3.8) is 0 Å². The zero-order chi connectivity index (χ0) is 16.6. The van der Waals surface area contributed by atoms with E-state index in [0.29, 0.717) is 19.8 Å². The highest BCUT2D eigenvalue weighted by molar-refractivity contribution is 6.84. The van der Waals surface area contributed by atoms with Crippen molar-refractivity contribution in [2.24, 2.45) is 0 Å². The van der Waals surface area contributed by atoms with E-state index in [1.807, 2.05) is 27.7 Å². The molecular formula is C16H30O4Si2. The molecule has 0 aliphatic heterocycles. The Morgan fingerprint density at radius 2 is 1.00 bits per heavy atom. The molecule has 0 amide bonds. The summed E-state index contributed by atoms with van der Waals surface area (Å²) in [6.07, 6.45) is 0. The van der Waals surface area contributed by atoms with Crippen molar-refractivity contribution in [3.05, 3.63) is 24.3 Å². The molecule has 0 aliphatic carbocycles. The molecule has 0 N–H and O–H groups in total. The molecule has 0 saturated heterocycles. The van der Waals surface area contributed by atoms with Crippen LogP contribution in [0.4, 0.5) is 0 Å². The fourth-order valence-electron chi connectivity index (χ4n) is 2.46. The van der Waals surface area contributed by atoms with Crippen molar-refractivity contribution in [2.75, 3.05) is 26.4 Å². The average molecular weight is 343 g/mol. The van der Waals surface area contributed by atoms with Gasteiger partial charge in [0.25, 0.3) is 0 Å². The number of hydrogen-bond donors (Lipinski definition) is 0. The molecule has 0 spiro atoms. The van der Waals surface area contributed by atoms with Gasteiger partial charge >= 0.3 is 8.80 Å². The van der Waals surface area contributed by atoms with E-state index >= 15 is 0 Å². The maximum atomic E-state index is 5.94. The van der Waals surface area contributed by atoms with Gasteiger partial charge in [-0.05, 0) is 46.0 Å². The summed E-state index contributed by atoms with van der Waals surface area (Å²) in [5.41, 5.74) is 0. The molecule has 0 saturated carbocycles. The van der Waals surface area contributed by atoms with E-state index in [0.717, 1.165) is 11.8 Å². The van der Waals surface area contributed by atoms with E-state index in [1.54, 1.807) is 0 Å². The number of benzene rings is 1. The van der Waals surface area contributed by atoms with Gasteiger partial charge in [0.1, 0.15) is 0 Å². The molecule has 126 valence electrons. The highest BCUT2D eigenvalue weighted by atomic mass is 28.4. The van der Waals surface area contributed by atoms with E-state index in [1.165, 1.54) is 5.19 Å². The summed E-state index contributed by atoms with van der Waals surface area (Å²) in [4.78, 5) is 0. The van der Waals surface area contributed by atoms with Gasteiger partial charge in [0.05, 0.1) is 0 Å². The molecule has 1 aromatic rings. The van der Waals surface area contributed by atoms with Gasteiger partial charge in [-0.2, -0.15) is 0 Å². The topological polar surface area (TPSA) is 36.9 Å². The first-order chi connectivity index (χ1) is 10.5. The van der Waals surface area contributed by atoms with Crippen molar-refractivity contribution < 1.29 is 17.7 Å². The summed E-state index contributed by atoms with van der Waals surface area (Å²) in [6, 6.07) is 8.43. The monoisotopic (exact) mass is 342 g/mol. The summed E-state index contributed by atoms with van der Waals surface area (Å²) < 4.78 is 23.8. The Hall–Kier alpha value is -0.506. The van der Waals surface area contributed by atoms with Crippen LogP contribution < -0.4 is 10.4 Å². The van der Waals surface area contributed by atoms with Crippen molar-refractivity contribution >= 4 is 27.5 Å². The van der Waals surface area contributed by atoms with Crippen LogP contribution in [0, 0.1) is 0 Å². The smallest absolute Gasteiger partial charge is 0.413 e. The molecule has 0 radical (unpaired) electrons. The Balaban J connectivity index is 3.11. The van der Waals surface area contributed by atoms with E-state index < -0.39 is 17.1 Å². The third kappa shape index (κ3) is 4.74. The maximum Gasteiger partial charge on any atom is 0.537 e. The second-order valence-electron chi connectivity index (χ2n) is 5.38. The van der Waals surface area contributed by atoms with Gasteiger partial charge in [-0.3, -0.25) is 0 Å². The molecule has 0 heterocycles. The predicted octanol–water partition coefficient (Wildman–Crippen LogP) is 2.39. The Morgan fingerprint density at radius 1 is 0.636 bits per heavy atom. The van der Waals surface area contributed by atoms with Gasteiger partial charge in [0.15, 0.2) is 0 Å². The Labute approximate surface area is 137 Å². The van der Waals surface area contributed by atoms with Gasteiger partial charge in [-0.25, -0.2) is 0 Å². The van der Waals surface area contributed by atoms with Crippen LogP contribution in [0.5, 0.6) is 0 Å². The summed E-state index contributed by atoms with van der Waals surface area (Å²) >= 11 is 0. The third-order valence-corrected chi connectivity index (χ3v) is 9.22.